The number of allylic oxidation sites excluding steroid dienone is 4. The molecular weight excluding hydrogens is 889 g/mol. The fourth-order valence-corrected chi connectivity index (χ4v) is 9.83. The van der Waals surface area contributed by atoms with Crippen LogP contribution in [0.3, 0.4) is 0 Å². The molecule has 0 amide bonds. The van der Waals surface area contributed by atoms with Gasteiger partial charge in [0, 0.05) is 19.3 Å². The van der Waals surface area contributed by atoms with Crippen LogP contribution >= 0.6 is 0 Å². The molecule has 0 saturated carbocycles. The van der Waals surface area contributed by atoms with E-state index in [4.69, 9.17) is 14.2 Å². The molecule has 0 saturated heterocycles. The van der Waals surface area contributed by atoms with Crippen LogP contribution in [0.15, 0.2) is 24.3 Å². The van der Waals surface area contributed by atoms with E-state index in [-0.39, 0.29) is 31.1 Å². The van der Waals surface area contributed by atoms with Gasteiger partial charge >= 0.3 is 17.9 Å². The van der Waals surface area contributed by atoms with Crippen molar-refractivity contribution in [2.45, 2.75) is 367 Å². The monoisotopic (exact) mass is 1010 g/mol. The minimum Gasteiger partial charge on any atom is -0.462 e. The number of unbranched alkanes of at least 4 members (excludes halogenated alkanes) is 45. The highest BCUT2D eigenvalue weighted by atomic mass is 16.6. The zero-order chi connectivity index (χ0) is 52.2. The van der Waals surface area contributed by atoms with Crippen LogP contribution in [0.2, 0.25) is 0 Å². The van der Waals surface area contributed by atoms with Gasteiger partial charge in [-0.1, -0.05) is 315 Å². The van der Waals surface area contributed by atoms with Crippen LogP contribution in [0.4, 0.5) is 0 Å². The number of hydrogen-bond acceptors (Lipinski definition) is 6. The van der Waals surface area contributed by atoms with Crippen LogP contribution in [-0.2, 0) is 28.6 Å². The van der Waals surface area contributed by atoms with E-state index in [0.717, 1.165) is 64.2 Å². The Morgan fingerprint density at radius 3 is 0.764 bits per heavy atom. The summed E-state index contributed by atoms with van der Waals surface area (Å²) in [5, 5.41) is 0. The van der Waals surface area contributed by atoms with E-state index < -0.39 is 6.10 Å². The van der Waals surface area contributed by atoms with Gasteiger partial charge in [0.2, 0.25) is 0 Å². The van der Waals surface area contributed by atoms with E-state index >= 15 is 0 Å². The lowest BCUT2D eigenvalue weighted by Crippen LogP contribution is -2.30. The Kier molecular flexibility index (Phi) is 59.6. The third-order valence-electron chi connectivity index (χ3n) is 14.7. The predicted octanol–water partition coefficient (Wildman–Crippen LogP) is 21.8. The highest BCUT2D eigenvalue weighted by molar-refractivity contribution is 5.71. The summed E-state index contributed by atoms with van der Waals surface area (Å²) in [5.41, 5.74) is 0. The second-order valence-corrected chi connectivity index (χ2v) is 22.0. The SMILES string of the molecule is CCCCCCC/C=C\C/C=C\CCCCCCCCCCCCCC(=O)OC(COC(=O)CCCCCCCCC)COC(=O)CCCCCCCCCCCCCCCCCCCCCCCCCC. The molecule has 0 aliphatic heterocycles. The Labute approximate surface area is 449 Å². The Balaban J connectivity index is 4.08. The maximum Gasteiger partial charge on any atom is 0.306 e. The summed E-state index contributed by atoms with van der Waals surface area (Å²) >= 11 is 0. The van der Waals surface area contributed by atoms with Crippen molar-refractivity contribution in [1.82, 2.24) is 0 Å². The lowest BCUT2D eigenvalue weighted by Gasteiger charge is -2.18. The maximum atomic E-state index is 12.9. The van der Waals surface area contributed by atoms with Gasteiger partial charge in [0.25, 0.3) is 0 Å². The summed E-state index contributed by atoms with van der Waals surface area (Å²) in [4.78, 5) is 38.1. The second-order valence-electron chi connectivity index (χ2n) is 22.0. The van der Waals surface area contributed by atoms with Gasteiger partial charge in [-0.3, -0.25) is 14.4 Å². The molecule has 0 bridgehead atoms. The van der Waals surface area contributed by atoms with Crippen LogP contribution in [0.25, 0.3) is 0 Å². The molecule has 0 rings (SSSR count). The number of ether oxygens (including phenoxy) is 3. The maximum absolute atomic E-state index is 12.9. The molecule has 0 aromatic carbocycles. The van der Waals surface area contributed by atoms with Gasteiger partial charge in [-0.2, -0.15) is 0 Å². The first-order valence-corrected chi connectivity index (χ1v) is 32.3. The van der Waals surface area contributed by atoms with Crippen molar-refractivity contribution in [3.63, 3.8) is 0 Å². The average Bonchev–Trinajstić information content (AvgIpc) is 3.38. The van der Waals surface area contributed by atoms with Gasteiger partial charge < -0.3 is 14.2 Å². The van der Waals surface area contributed by atoms with Crippen LogP contribution in [-0.4, -0.2) is 37.2 Å². The number of carbonyl (C=O) groups is 3. The molecule has 424 valence electrons. The second kappa shape index (κ2) is 61.4. The molecule has 0 aromatic rings. The molecule has 0 spiro atoms. The molecule has 0 N–H and O–H groups in total. The molecule has 1 unspecified atom stereocenters. The van der Waals surface area contributed by atoms with Gasteiger partial charge in [-0.25, -0.2) is 0 Å². The Morgan fingerprint density at radius 1 is 0.278 bits per heavy atom. The summed E-state index contributed by atoms with van der Waals surface area (Å²) in [7, 11) is 0. The third-order valence-corrected chi connectivity index (χ3v) is 14.7. The molecular formula is C66H124O6. The molecule has 0 radical (unpaired) electrons. The summed E-state index contributed by atoms with van der Waals surface area (Å²) < 4.78 is 16.9. The topological polar surface area (TPSA) is 78.9 Å². The molecule has 0 aromatic heterocycles. The Bertz CT molecular complexity index is 1160. The van der Waals surface area contributed by atoms with Crippen LogP contribution in [0.1, 0.15) is 361 Å². The normalized spacial score (nSPS) is 12.1. The third kappa shape index (κ3) is 58.8. The summed E-state index contributed by atoms with van der Waals surface area (Å²) in [5.74, 6) is -0.851. The van der Waals surface area contributed by atoms with Crippen LogP contribution < -0.4 is 0 Å². The standard InChI is InChI=1S/C66H124O6/c1-4-7-10-13-16-18-20-22-24-26-28-30-32-34-35-37-39-41-43-45-47-50-53-56-59-65(68)71-62-63(61-70-64(67)58-55-52-49-15-12-9-6-3)72-66(69)60-57-54-51-48-46-44-42-40-38-36-33-31-29-27-25-23-21-19-17-14-11-8-5-2/h21,23,27,29,63H,4-20,22,24-26,28,30-62H2,1-3H3/b23-21-,29-27-. The highest BCUT2D eigenvalue weighted by Gasteiger charge is 2.19. The summed E-state index contributed by atoms with van der Waals surface area (Å²) in [6, 6.07) is 0. The minimum atomic E-state index is -0.767. The fraction of sp³-hybridized carbons (Fsp3) is 0.894. The van der Waals surface area contributed by atoms with E-state index in [2.05, 4.69) is 45.1 Å². The van der Waals surface area contributed by atoms with Crippen molar-refractivity contribution in [2.24, 2.45) is 0 Å². The van der Waals surface area contributed by atoms with Crippen molar-refractivity contribution in [3.05, 3.63) is 24.3 Å². The molecule has 6 heteroatoms. The van der Waals surface area contributed by atoms with E-state index in [1.165, 1.54) is 257 Å². The van der Waals surface area contributed by atoms with Gasteiger partial charge in [0.05, 0.1) is 0 Å². The zero-order valence-corrected chi connectivity index (χ0v) is 48.7. The molecule has 0 aliphatic rings. The quantitative estimate of drug-likeness (QED) is 0.0261. The van der Waals surface area contributed by atoms with Crippen LogP contribution in [0, 0.1) is 0 Å². The molecule has 0 heterocycles. The van der Waals surface area contributed by atoms with Gasteiger partial charge in [-0.15, -0.1) is 0 Å². The first-order valence-electron chi connectivity index (χ1n) is 32.3. The number of carbonyl (C=O) groups excluding carboxylic acids is 3. The molecule has 0 fully saturated rings. The largest absolute Gasteiger partial charge is 0.462 e. The van der Waals surface area contributed by atoms with E-state index in [0.29, 0.717) is 19.3 Å². The first-order chi connectivity index (χ1) is 35.5. The van der Waals surface area contributed by atoms with Crippen LogP contribution in [0.5, 0.6) is 0 Å². The van der Waals surface area contributed by atoms with Crippen molar-refractivity contribution in [3.8, 4) is 0 Å². The number of hydrogen-bond donors (Lipinski definition) is 0. The Hall–Kier alpha value is -2.11. The lowest BCUT2D eigenvalue weighted by molar-refractivity contribution is -0.167. The van der Waals surface area contributed by atoms with Crippen molar-refractivity contribution in [2.75, 3.05) is 13.2 Å². The Morgan fingerprint density at radius 2 is 0.500 bits per heavy atom. The van der Waals surface area contributed by atoms with E-state index in [1.54, 1.807) is 0 Å². The first kappa shape index (κ1) is 69.9. The molecule has 1 atom stereocenters. The summed E-state index contributed by atoms with van der Waals surface area (Å²) in [6.45, 7) is 6.65. The van der Waals surface area contributed by atoms with Crippen molar-refractivity contribution >= 4 is 17.9 Å². The predicted molar refractivity (Wildman–Crippen MR) is 312 cm³/mol. The number of esters is 3. The molecule has 0 aliphatic carbocycles. The average molecular weight is 1010 g/mol. The smallest absolute Gasteiger partial charge is 0.306 e. The zero-order valence-electron chi connectivity index (χ0n) is 48.7. The number of rotatable bonds is 60. The van der Waals surface area contributed by atoms with E-state index in [1.807, 2.05) is 0 Å². The van der Waals surface area contributed by atoms with Crippen molar-refractivity contribution in [1.29, 1.82) is 0 Å². The van der Waals surface area contributed by atoms with Gasteiger partial charge in [0.15, 0.2) is 6.10 Å². The van der Waals surface area contributed by atoms with Gasteiger partial charge in [0.1, 0.15) is 13.2 Å². The van der Waals surface area contributed by atoms with Crippen molar-refractivity contribution < 1.29 is 28.6 Å². The lowest BCUT2D eigenvalue weighted by atomic mass is 10.0. The summed E-state index contributed by atoms with van der Waals surface area (Å²) in [6.07, 6.45) is 73.6. The molecule has 6 nitrogen and oxygen atoms in total. The van der Waals surface area contributed by atoms with Gasteiger partial charge in [-0.05, 0) is 51.4 Å². The van der Waals surface area contributed by atoms with E-state index in [9.17, 15) is 14.4 Å². The fourth-order valence-electron chi connectivity index (χ4n) is 9.83. The minimum absolute atomic E-state index is 0.0665. The molecule has 72 heavy (non-hydrogen) atoms. The highest BCUT2D eigenvalue weighted by Crippen LogP contribution is 2.18.